The minimum absolute atomic E-state index is 0.790. The Morgan fingerprint density at radius 3 is 2.50 bits per heavy atom. The number of hydrogen-bond acceptors (Lipinski definition) is 3. The number of benzene rings is 1. The zero-order valence-electron chi connectivity index (χ0n) is 12.9. The number of aryl methyl sites for hydroxylation is 3. The highest BCUT2D eigenvalue weighted by Crippen LogP contribution is 2.17. The minimum atomic E-state index is 0.790. The number of hydrogen-bond donors (Lipinski definition) is 1. The van der Waals surface area contributed by atoms with Crippen LogP contribution in [0.5, 0.6) is 0 Å². The van der Waals surface area contributed by atoms with Crippen molar-refractivity contribution in [2.45, 2.75) is 47.2 Å². The Morgan fingerprint density at radius 2 is 1.85 bits per heavy atom. The Kier molecular flexibility index (Phi) is 4.90. The predicted octanol–water partition coefficient (Wildman–Crippen LogP) is 2.75. The third kappa shape index (κ3) is 3.67. The van der Waals surface area contributed by atoms with Crippen LogP contribution in [0.4, 0.5) is 0 Å². The molecule has 108 valence electrons. The third-order valence-corrected chi connectivity index (χ3v) is 3.48. The lowest BCUT2D eigenvalue weighted by molar-refractivity contribution is 0.641. The van der Waals surface area contributed by atoms with Gasteiger partial charge in [0.25, 0.3) is 0 Å². The molecule has 1 N–H and O–H groups in total. The molecule has 0 unspecified atom stereocenters. The highest BCUT2D eigenvalue weighted by Gasteiger charge is 2.07. The Labute approximate surface area is 121 Å². The minimum Gasteiger partial charge on any atom is -0.311 e. The van der Waals surface area contributed by atoms with Crippen molar-refractivity contribution in [3.8, 4) is 0 Å². The topological polar surface area (TPSA) is 42.7 Å². The van der Waals surface area contributed by atoms with Crippen LogP contribution >= 0.6 is 0 Å². The quantitative estimate of drug-likeness (QED) is 0.822. The van der Waals surface area contributed by atoms with Crippen LogP contribution in [0.1, 0.15) is 41.3 Å². The zero-order chi connectivity index (χ0) is 14.5. The molecule has 0 atom stereocenters. The van der Waals surface area contributed by atoms with Crippen molar-refractivity contribution in [2.24, 2.45) is 0 Å². The van der Waals surface area contributed by atoms with E-state index in [-0.39, 0.29) is 0 Å². The molecule has 0 spiro atoms. The van der Waals surface area contributed by atoms with Crippen molar-refractivity contribution in [3.63, 3.8) is 0 Å². The van der Waals surface area contributed by atoms with Crippen molar-refractivity contribution in [1.82, 2.24) is 20.3 Å². The van der Waals surface area contributed by atoms with E-state index in [1.54, 1.807) is 0 Å². The molecule has 2 aromatic rings. The summed E-state index contributed by atoms with van der Waals surface area (Å²) in [6.07, 6.45) is 3.16. The number of rotatable bonds is 6. The summed E-state index contributed by atoms with van der Waals surface area (Å²) in [5.41, 5.74) is 6.30. The molecule has 0 saturated carbocycles. The van der Waals surface area contributed by atoms with Crippen molar-refractivity contribution >= 4 is 0 Å². The SMILES string of the molecule is CCCNCc1cn(Cc2c(C)cc(C)cc2C)nn1. The molecule has 4 nitrogen and oxygen atoms in total. The van der Waals surface area contributed by atoms with E-state index >= 15 is 0 Å². The molecule has 0 amide bonds. The van der Waals surface area contributed by atoms with Gasteiger partial charge in [0.2, 0.25) is 0 Å². The van der Waals surface area contributed by atoms with Crippen molar-refractivity contribution < 1.29 is 0 Å². The van der Waals surface area contributed by atoms with Crippen LogP contribution in [0.2, 0.25) is 0 Å². The largest absolute Gasteiger partial charge is 0.311 e. The summed E-state index contributed by atoms with van der Waals surface area (Å²) in [5.74, 6) is 0. The summed E-state index contributed by atoms with van der Waals surface area (Å²) in [7, 11) is 0. The third-order valence-electron chi connectivity index (χ3n) is 3.48. The van der Waals surface area contributed by atoms with E-state index in [9.17, 15) is 0 Å². The normalized spacial score (nSPS) is 11.0. The maximum absolute atomic E-state index is 4.22. The van der Waals surface area contributed by atoms with E-state index in [0.29, 0.717) is 0 Å². The van der Waals surface area contributed by atoms with Crippen LogP contribution in [0.15, 0.2) is 18.3 Å². The van der Waals surface area contributed by atoms with Crippen molar-refractivity contribution in [1.29, 1.82) is 0 Å². The Morgan fingerprint density at radius 1 is 1.15 bits per heavy atom. The van der Waals surface area contributed by atoms with Gasteiger partial charge in [-0.2, -0.15) is 0 Å². The summed E-state index contributed by atoms with van der Waals surface area (Å²) in [6, 6.07) is 4.45. The number of nitrogens with zero attached hydrogens (tertiary/aromatic N) is 3. The first-order valence-corrected chi connectivity index (χ1v) is 7.26. The molecule has 0 aliphatic carbocycles. The van der Waals surface area contributed by atoms with Gasteiger partial charge in [0.05, 0.1) is 18.4 Å². The van der Waals surface area contributed by atoms with Gasteiger partial charge in [-0.3, -0.25) is 0 Å². The lowest BCUT2D eigenvalue weighted by Gasteiger charge is -2.10. The molecule has 4 heteroatoms. The second kappa shape index (κ2) is 6.66. The average Bonchev–Trinajstić information content (AvgIpc) is 2.82. The van der Waals surface area contributed by atoms with Gasteiger partial charge < -0.3 is 5.32 Å². The number of nitrogens with one attached hydrogen (secondary N) is 1. The fourth-order valence-corrected chi connectivity index (χ4v) is 2.51. The Bertz CT molecular complexity index is 549. The first-order valence-electron chi connectivity index (χ1n) is 7.26. The smallest absolute Gasteiger partial charge is 0.0964 e. The van der Waals surface area contributed by atoms with Gasteiger partial charge in [0.15, 0.2) is 0 Å². The maximum atomic E-state index is 4.22. The van der Waals surface area contributed by atoms with Crippen molar-refractivity contribution in [2.75, 3.05) is 6.54 Å². The molecule has 0 bridgehead atoms. The van der Waals surface area contributed by atoms with Gasteiger partial charge in [-0.1, -0.05) is 29.8 Å². The van der Waals surface area contributed by atoms with Crippen LogP contribution in [-0.2, 0) is 13.1 Å². The first kappa shape index (κ1) is 14.7. The molecule has 0 aliphatic rings. The highest BCUT2D eigenvalue weighted by molar-refractivity contribution is 5.37. The van der Waals surface area contributed by atoms with Gasteiger partial charge in [0.1, 0.15) is 0 Å². The molecule has 2 rings (SSSR count). The average molecular weight is 272 g/mol. The van der Waals surface area contributed by atoms with Gasteiger partial charge in [0, 0.05) is 6.54 Å². The maximum Gasteiger partial charge on any atom is 0.0964 e. The Balaban J connectivity index is 2.07. The molecule has 1 heterocycles. The van der Waals surface area contributed by atoms with Gasteiger partial charge in [-0.25, -0.2) is 4.68 Å². The van der Waals surface area contributed by atoms with Crippen molar-refractivity contribution in [3.05, 3.63) is 46.3 Å². The van der Waals surface area contributed by atoms with E-state index < -0.39 is 0 Å². The first-order chi connectivity index (χ1) is 9.60. The van der Waals surface area contributed by atoms with Gasteiger partial charge in [-0.05, 0) is 50.4 Å². The fourth-order valence-electron chi connectivity index (χ4n) is 2.51. The summed E-state index contributed by atoms with van der Waals surface area (Å²) in [4.78, 5) is 0. The second-order valence-electron chi connectivity index (χ2n) is 5.46. The molecular formula is C16H24N4. The zero-order valence-corrected chi connectivity index (χ0v) is 12.9. The summed E-state index contributed by atoms with van der Waals surface area (Å²) in [6.45, 7) is 11.2. The molecule has 0 radical (unpaired) electrons. The molecule has 0 saturated heterocycles. The molecule has 1 aromatic heterocycles. The van der Waals surface area contributed by atoms with E-state index in [1.807, 2.05) is 10.9 Å². The summed E-state index contributed by atoms with van der Waals surface area (Å²) < 4.78 is 1.92. The van der Waals surface area contributed by atoms with Gasteiger partial charge in [-0.15, -0.1) is 5.10 Å². The van der Waals surface area contributed by atoms with E-state index in [2.05, 4.69) is 55.5 Å². The number of aromatic nitrogens is 3. The van der Waals surface area contributed by atoms with Crippen LogP contribution in [-0.4, -0.2) is 21.5 Å². The van der Waals surface area contributed by atoms with E-state index in [4.69, 9.17) is 0 Å². The molecular weight excluding hydrogens is 248 g/mol. The lowest BCUT2D eigenvalue weighted by Crippen LogP contribution is -2.13. The fraction of sp³-hybridized carbons (Fsp3) is 0.500. The molecule has 1 aromatic carbocycles. The summed E-state index contributed by atoms with van der Waals surface area (Å²) >= 11 is 0. The van der Waals surface area contributed by atoms with E-state index in [0.717, 1.165) is 31.7 Å². The molecule has 20 heavy (non-hydrogen) atoms. The van der Waals surface area contributed by atoms with Crippen LogP contribution in [0.3, 0.4) is 0 Å². The highest BCUT2D eigenvalue weighted by atomic mass is 15.4. The second-order valence-corrected chi connectivity index (χ2v) is 5.46. The van der Waals surface area contributed by atoms with Crippen LogP contribution in [0.25, 0.3) is 0 Å². The predicted molar refractivity (Wildman–Crippen MR) is 81.8 cm³/mol. The van der Waals surface area contributed by atoms with Crippen LogP contribution in [0, 0.1) is 20.8 Å². The van der Waals surface area contributed by atoms with Crippen LogP contribution < -0.4 is 5.32 Å². The monoisotopic (exact) mass is 272 g/mol. The summed E-state index contributed by atoms with van der Waals surface area (Å²) in [5, 5.41) is 11.8. The van der Waals surface area contributed by atoms with E-state index in [1.165, 1.54) is 22.3 Å². The molecule has 0 aliphatic heterocycles. The lowest BCUT2D eigenvalue weighted by atomic mass is 10.00. The van der Waals surface area contributed by atoms with Gasteiger partial charge >= 0.3 is 0 Å². The standard InChI is InChI=1S/C16H24N4/c1-5-6-17-9-15-10-20(19-18-15)11-16-13(3)7-12(2)8-14(16)4/h7-8,10,17H,5-6,9,11H2,1-4H3. The molecule has 0 fully saturated rings. The Hall–Kier alpha value is -1.68.